The number of pyridine rings is 1. The maximum atomic E-state index is 13.1. The van der Waals surface area contributed by atoms with E-state index in [0.29, 0.717) is 37.5 Å². The Balaban J connectivity index is 1.60. The maximum absolute atomic E-state index is 13.1. The van der Waals surface area contributed by atoms with Crippen LogP contribution in [0, 0.1) is 11.8 Å². The van der Waals surface area contributed by atoms with E-state index in [9.17, 15) is 9.59 Å². The molecule has 2 saturated heterocycles. The lowest BCUT2D eigenvalue weighted by atomic mass is 9.89. The number of hydrogen-bond donors (Lipinski definition) is 0. The minimum Gasteiger partial charge on any atom is -0.480 e. The summed E-state index contributed by atoms with van der Waals surface area (Å²) in [5, 5.41) is 0. The van der Waals surface area contributed by atoms with Crippen LogP contribution in [-0.2, 0) is 4.79 Å². The fourth-order valence-corrected chi connectivity index (χ4v) is 4.63. The quantitative estimate of drug-likeness (QED) is 0.820. The number of ether oxygens (including phenoxy) is 1. The topological polar surface area (TPSA) is 62.7 Å². The van der Waals surface area contributed by atoms with E-state index in [1.165, 1.54) is 7.11 Å². The van der Waals surface area contributed by atoms with Gasteiger partial charge in [-0.2, -0.15) is 0 Å². The number of fused-ring (bicyclic) bond motifs is 1. The van der Waals surface area contributed by atoms with Crippen molar-refractivity contribution >= 4 is 11.8 Å². The van der Waals surface area contributed by atoms with Gasteiger partial charge in [-0.3, -0.25) is 9.59 Å². The van der Waals surface area contributed by atoms with Crippen LogP contribution in [0.4, 0.5) is 0 Å². The van der Waals surface area contributed by atoms with E-state index in [2.05, 4.69) is 17.1 Å². The number of benzene rings is 1. The first kappa shape index (κ1) is 18.5. The number of aromatic nitrogens is 1. The fourth-order valence-electron chi connectivity index (χ4n) is 4.63. The Morgan fingerprint density at radius 1 is 1.11 bits per heavy atom. The van der Waals surface area contributed by atoms with Gasteiger partial charge in [0.25, 0.3) is 5.91 Å². The van der Waals surface area contributed by atoms with Crippen LogP contribution in [0.3, 0.4) is 0 Å². The van der Waals surface area contributed by atoms with Gasteiger partial charge in [-0.25, -0.2) is 4.98 Å². The summed E-state index contributed by atoms with van der Waals surface area (Å²) in [5.74, 6) is 0.999. The van der Waals surface area contributed by atoms with Crippen molar-refractivity contribution in [1.29, 1.82) is 0 Å². The van der Waals surface area contributed by atoms with Crippen molar-refractivity contribution in [3.05, 3.63) is 59.8 Å². The van der Waals surface area contributed by atoms with Gasteiger partial charge in [-0.05, 0) is 17.7 Å². The van der Waals surface area contributed by atoms with Gasteiger partial charge in [-0.1, -0.05) is 37.3 Å². The molecule has 3 atom stereocenters. The zero-order valence-electron chi connectivity index (χ0n) is 16.2. The number of rotatable bonds is 4. The van der Waals surface area contributed by atoms with Gasteiger partial charge in [0.05, 0.1) is 13.2 Å². The molecule has 0 N–H and O–H groups in total. The number of likely N-dealkylation sites (tertiary alicyclic amines) is 2. The molecule has 2 aliphatic heterocycles. The van der Waals surface area contributed by atoms with Crippen LogP contribution in [-0.4, -0.2) is 53.3 Å². The van der Waals surface area contributed by atoms with E-state index in [-0.39, 0.29) is 29.7 Å². The van der Waals surface area contributed by atoms with Crippen LogP contribution in [0.2, 0.25) is 0 Å². The molecule has 3 heterocycles. The summed E-state index contributed by atoms with van der Waals surface area (Å²) < 4.78 is 5.26. The lowest BCUT2D eigenvalue weighted by Gasteiger charge is -2.30. The summed E-state index contributed by atoms with van der Waals surface area (Å²) >= 11 is 0. The molecule has 0 saturated carbocycles. The van der Waals surface area contributed by atoms with Gasteiger partial charge in [0.15, 0.2) is 0 Å². The molecule has 4 rings (SSSR count). The zero-order chi connectivity index (χ0) is 19.7. The number of hydrogen-bond acceptors (Lipinski definition) is 4. The van der Waals surface area contributed by atoms with Gasteiger partial charge in [0.2, 0.25) is 11.8 Å². The first-order valence-corrected chi connectivity index (χ1v) is 9.76. The van der Waals surface area contributed by atoms with E-state index in [1.807, 2.05) is 34.9 Å². The van der Waals surface area contributed by atoms with Gasteiger partial charge >= 0.3 is 0 Å². The number of amides is 2. The second-order valence-corrected chi connectivity index (χ2v) is 7.45. The molecule has 6 heteroatoms. The van der Waals surface area contributed by atoms with Crippen molar-refractivity contribution in [3.63, 3.8) is 0 Å². The largest absolute Gasteiger partial charge is 0.480 e. The zero-order valence-corrected chi connectivity index (χ0v) is 16.2. The number of nitrogens with zero attached hydrogens (tertiary/aromatic N) is 3. The molecule has 146 valence electrons. The summed E-state index contributed by atoms with van der Waals surface area (Å²) in [6.45, 7) is 3.89. The van der Waals surface area contributed by atoms with Crippen molar-refractivity contribution < 1.29 is 14.3 Å². The molecule has 1 aromatic heterocycles. The number of carbonyl (C=O) groups is 2. The second-order valence-electron chi connectivity index (χ2n) is 7.45. The predicted molar refractivity (Wildman–Crippen MR) is 105 cm³/mol. The molecule has 2 aromatic rings. The van der Waals surface area contributed by atoms with Gasteiger partial charge in [0, 0.05) is 44.1 Å². The van der Waals surface area contributed by atoms with Crippen LogP contribution in [0.1, 0.15) is 35.3 Å². The lowest BCUT2D eigenvalue weighted by molar-refractivity contribution is -0.132. The maximum Gasteiger partial charge on any atom is 0.259 e. The molecule has 0 unspecified atom stereocenters. The van der Waals surface area contributed by atoms with Crippen molar-refractivity contribution in [2.24, 2.45) is 11.8 Å². The average Bonchev–Trinajstić information content (AvgIpc) is 3.31. The first-order valence-electron chi connectivity index (χ1n) is 9.76. The normalized spacial score (nSPS) is 23.6. The third-order valence-corrected chi connectivity index (χ3v) is 5.91. The van der Waals surface area contributed by atoms with E-state index in [1.54, 1.807) is 18.3 Å². The van der Waals surface area contributed by atoms with E-state index in [0.717, 1.165) is 5.56 Å². The Morgan fingerprint density at radius 2 is 1.89 bits per heavy atom. The van der Waals surface area contributed by atoms with Crippen LogP contribution in [0.5, 0.6) is 5.88 Å². The van der Waals surface area contributed by atoms with Gasteiger partial charge < -0.3 is 14.5 Å². The highest BCUT2D eigenvalue weighted by Gasteiger charge is 2.49. The molecular weight excluding hydrogens is 354 g/mol. The average molecular weight is 379 g/mol. The Hall–Kier alpha value is -2.89. The molecule has 0 bridgehead atoms. The summed E-state index contributed by atoms with van der Waals surface area (Å²) in [4.78, 5) is 33.7. The van der Waals surface area contributed by atoms with Crippen LogP contribution < -0.4 is 4.74 Å². The van der Waals surface area contributed by atoms with E-state index >= 15 is 0 Å². The second kappa shape index (κ2) is 7.62. The minimum atomic E-state index is -0.0560. The summed E-state index contributed by atoms with van der Waals surface area (Å²) in [7, 11) is 1.53. The summed E-state index contributed by atoms with van der Waals surface area (Å²) in [6.07, 6.45) is 2.12. The van der Waals surface area contributed by atoms with Gasteiger partial charge in [0.1, 0.15) is 5.56 Å². The summed E-state index contributed by atoms with van der Waals surface area (Å²) in [5.41, 5.74) is 1.63. The van der Waals surface area contributed by atoms with E-state index in [4.69, 9.17) is 4.74 Å². The highest BCUT2D eigenvalue weighted by Crippen LogP contribution is 2.45. The Labute approximate surface area is 165 Å². The molecule has 1 aromatic carbocycles. The van der Waals surface area contributed by atoms with Crippen molar-refractivity contribution in [2.75, 3.05) is 26.7 Å². The lowest BCUT2D eigenvalue weighted by Crippen LogP contribution is -2.37. The van der Waals surface area contributed by atoms with Gasteiger partial charge in [-0.15, -0.1) is 0 Å². The predicted octanol–water partition coefficient (Wildman–Crippen LogP) is 2.77. The Bertz CT molecular complexity index is 870. The molecule has 2 fully saturated rings. The van der Waals surface area contributed by atoms with Crippen molar-refractivity contribution in [1.82, 2.24) is 14.8 Å². The SMILES string of the molecule is CCC(=O)N1C[C@@H]2CN(C(=O)c3cccnc3OC)C[C@@H]2[C@H]1c1ccccc1. The monoisotopic (exact) mass is 379 g/mol. The van der Waals surface area contributed by atoms with Crippen molar-refractivity contribution in [2.45, 2.75) is 19.4 Å². The first-order chi connectivity index (χ1) is 13.6. The molecule has 28 heavy (non-hydrogen) atoms. The number of carbonyl (C=O) groups excluding carboxylic acids is 2. The van der Waals surface area contributed by atoms with Crippen molar-refractivity contribution in [3.8, 4) is 5.88 Å². The third-order valence-electron chi connectivity index (χ3n) is 5.91. The van der Waals surface area contributed by atoms with Crippen LogP contribution in [0.25, 0.3) is 0 Å². The Morgan fingerprint density at radius 3 is 2.61 bits per heavy atom. The molecular formula is C22H25N3O3. The highest BCUT2D eigenvalue weighted by atomic mass is 16.5. The third kappa shape index (κ3) is 3.13. The molecule has 2 amide bonds. The smallest absolute Gasteiger partial charge is 0.259 e. The van der Waals surface area contributed by atoms with E-state index < -0.39 is 0 Å². The molecule has 6 nitrogen and oxygen atoms in total. The van der Waals surface area contributed by atoms with Crippen LogP contribution >= 0.6 is 0 Å². The van der Waals surface area contributed by atoms with Crippen LogP contribution in [0.15, 0.2) is 48.7 Å². The molecule has 0 aliphatic carbocycles. The Kier molecular flexibility index (Phi) is 5.03. The molecule has 0 spiro atoms. The standard InChI is InChI=1S/C22H25N3O3/c1-3-19(26)25-13-16-12-24(22(27)17-10-7-11-23-21(17)28-2)14-18(16)20(25)15-8-5-4-6-9-15/h4-11,16,18,20H,3,12-14H2,1-2H3/t16-,18-,20+/m0/s1. The number of methoxy groups -OCH3 is 1. The summed E-state index contributed by atoms with van der Waals surface area (Å²) in [6, 6.07) is 13.7. The minimum absolute atomic E-state index is 0.0206. The molecule has 2 aliphatic rings. The molecule has 0 radical (unpaired) electrons. The fraction of sp³-hybridized carbons (Fsp3) is 0.409. The highest BCUT2D eigenvalue weighted by molar-refractivity contribution is 5.96.